The molecule has 7 nitrogen and oxygen atoms in total. The average Bonchev–Trinajstić information content (AvgIpc) is 3.29. The molecule has 1 atom stereocenters. The standard InChI is InChI=1S/C17H22N2O5S/c1-12(24-17(21)13-4-5-13)16(20)18-14-6-8-15(9-7-14)25(22,23)19-10-2-3-11-19/h6-9,12-13H,2-5,10-11H2,1H3,(H,18,20)/t12-/m1/s1. The molecule has 1 N–H and O–H groups in total. The first-order valence-corrected chi connectivity index (χ1v) is 9.93. The van der Waals surface area contributed by atoms with Crippen LogP contribution < -0.4 is 5.32 Å². The second kappa shape index (κ2) is 7.13. The fourth-order valence-corrected chi connectivity index (χ4v) is 4.19. The molecular weight excluding hydrogens is 344 g/mol. The largest absolute Gasteiger partial charge is 0.452 e. The average molecular weight is 366 g/mol. The van der Waals surface area contributed by atoms with E-state index in [0.29, 0.717) is 18.8 Å². The van der Waals surface area contributed by atoms with Gasteiger partial charge in [0.2, 0.25) is 10.0 Å². The highest BCUT2D eigenvalue weighted by Crippen LogP contribution is 2.30. The van der Waals surface area contributed by atoms with Crippen molar-refractivity contribution in [3.63, 3.8) is 0 Å². The van der Waals surface area contributed by atoms with Gasteiger partial charge >= 0.3 is 5.97 Å². The van der Waals surface area contributed by atoms with Crippen molar-refractivity contribution in [2.24, 2.45) is 5.92 Å². The molecular formula is C17H22N2O5S. The zero-order valence-corrected chi connectivity index (χ0v) is 14.9. The summed E-state index contributed by atoms with van der Waals surface area (Å²) in [4.78, 5) is 23.9. The molecule has 1 amide bonds. The first-order valence-electron chi connectivity index (χ1n) is 8.49. The van der Waals surface area contributed by atoms with Gasteiger partial charge in [0.05, 0.1) is 10.8 Å². The molecule has 0 bridgehead atoms. The molecule has 1 aliphatic carbocycles. The van der Waals surface area contributed by atoms with E-state index in [-0.39, 0.29) is 16.8 Å². The summed E-state index contributed by atoms with van der Waals surface area (Å²) in [7, 11) is -3.47. The fraction of sp³-hybridized carbons (Fsp3) is 0.529. The van der Waals surface area contributed by atoms with Crippen LogP contribution in [0.1, 0.15) is 32.6 Å². The molecule has 136 valence electrons. The summed E-state index contributed by atoms with van der Waals surface area (Å²) in [6, 6.07) is 6.03. The Kier molecular flexibility index (Phi) is 5.10. The minimum absolute atomic E-state index is 0.0645. The number of hydrogen-bond donors (Lipinski definition) is 1. The first-order chi connectivity index (χ1) is 11.9. The number of rotatable bonds is 6. The Morgan fingerprint density at radius 3 is 2.32 bits per heavy atom. The molecule has 1 aromatic carbocycles. The molecule has 8 heteroatoms. The van der Waals surface area contributed by atoms with Crippen LogP contribution in [-0.4, -0.2) is 43.8 Å². The van der Waals surface area contributed by atoms with Gasteiger partial charge in [0.15, 0.2) is 6.10 Å². The van der Waals surface area contributed by atoms with Crippen molar-refractivity contribution in [1.82, 2.24) is 4.31 Å². The number of benzene rings is 1. The van der Waals surface area contributed by atoms with Crippen molar-refractivity contribution < 1.29 is 22.7 Å². The van der Waals surface area contributed by atoms with E-state index in [1.807, 2.05) is 0 Å². The summed E-state index contributed by atoms with van der Waals surface area (Å²) in [5.74, 6) is -0.843. The zero-order chi connectivity index (χ0) is 18.0. The third-order valence-electron chi connectivity index (χ3n) is 4.40. The number of nitrogens with one attached hydrogen (secondary N) is 1. The molecule has 0 unspecified atom stereocenters. The minimum atomic E-state index is -3.47. The summed E-state index contributed by atoms with van der Waals surface area (Å²) >= 11 is 0. The van der Waals surface area contributed by atoms with Gasteiger partial charge in [-0.05, 0) is 56.9 Å². The molecule has 0 aromatic heterocycles. The predicted octanol–water partition coefficient (Wildman–Crippen LogP) is 1.75. The van der Waals surface area contributed by atoms with Crippen LogP contribution in [0.4, 0.5) is 5.69 Å². The molecule has 2 fully saturated rings. The van der Waals surface area contributed by atoms with Gasteiger partial charge < -0.3 is 10.1 Å². The van der Waals surface area contributed by atoms with E-state index in [1.54, 1.807) is 0 Å². The van der Waals surface area contributed by atoms with Crippen LogP contribution in [0.3, 0.4) is 0 Å². The predicted molar refractivity (Wildman–Crippen MR) is 91.3 cm³/mol. The van der Waals surface area contributed by atoms with Gasteiger partial charge in [-0.25, -0.2) is 8.42 Å². The van der Waals surface area contributed by atoms with Gasteiger partial charge in [0.1, 0.15) is 0 Å². The number of hydrogen-bond acceptors (Lipinski definition) is 5. The summed E-state index contributed by atoms with van der Waals surface area (Å²) in [5.41, 5.74) is 0.458. The number of sulfonamides is 1. The van der Waals surface area contributed by atoms with Gasteiger partial charge in [-0.15, -0.1) is 0 Å². The maximum atomic E-state index is 12.4. The third-order valence-corrected chi connectivity index (χ3v) is 6.31. The van der Waals surface area contributed by atoms with E-state index >= 15 is 0 Å². The highest BCUT2D eigenvalue weighted by molar-refractivity contribution is 7.89. The highest BCUT2D eigenvalue weighted by Gasteiger charge is 2.33. The van der Waals surface area contributed by atoms with Crippen LogP contribution in [-0.2, 0) is 24.3 Å². The second-order valence-corrected chi connectivity index (χ2v) is 8.42. The monoisotopic (exact) mass is 366 g/mol. The minimum Gasteiger partial charge on any atom is -0.452 e. The number of ether oxygens (including phenoxy) is 1. The van der Waals surface area contributed by atoms with Gasteiger partial charge in [0, 0.05) is 18.8 Å². The summed E-state index contributed by atoms with van der Waals surface area (Å²) in [6.07, 6.45) is 2.51. The topological polar surface area (TPSA) is 92.8 Å². The van der Waals surface area contributed by atoms with Crippen LogP contribution in [0, 0.1) is 5.92 Å². The van der Waals surface area contributed by atoms with E-state index in [1.165, 1.54) is 35.5 Å². The van der Waals surface area contributed by atoms with Crippen LogP contribution in [0.15, 0.2) is 29.2 Å². The smallest absolute Gasteiger partial charge is 0.309 e. The lowest BCUT2D eigenvalue weighted by Gasteiger charge is -2.16. The quantitative estimate of drug-likeness (QED) is 0.774. The van der Waals surface area contributed by atoms with E-state index < -0.39 is 22.0 Å². The molecule has 1 aromatic rings. The number of amides is 1. The molecule has 1 heterocycles. The van der Waals surface area contributed by atoms with Gasteiger partial charge in [0.25, 0.3) is 5.91 Å². The van der Waals surface area contributed by atoms with Crippen molar-refractivity contribution in [3.8, 4) is 0 Å². The van der Waals surface area contributed by atoms with Gasteiger partial charge in [-0.2, -0.15) is 4.31 Å². The van der Waals surface area contributed by atoms with E-state index in [9.17, 15) is 18.0 Å². The normalized spacial score (nSPS) is 19.4. The van der Waals surface area contributed by atoms with Crippen LogP contribution >= 0.6 is 0 Å². The molecule has 0 spiro atoms. The van der Waals surface area contributed by atoms with E-state index in [2.05, 4.69) is 5.32 Å². The lowest BCUT2D eigenvalue weighted by atomic mass is 10.3. The second-order valence-electron chi connectivity index (χ2n) is 6.48. The van der Waals surface area contributed by atoms with Gasteiger partial charge in [-0.3, -0.25) is 9.59 Å². The van der Waals surface area contributed by atoms with Crippen molar-refractivity contribution in [2.75, 3.05) is 18.4 Å². The fourth-order valence-electron chi connectivity index (χ4n) is 2.67. The van der Waals surface area contributed by atoms with E-state index in [4.69, 9.17) is 4.74 Å². The summed E-state index contributed by atoms with van der Waals surface area (Å²) in [6.45, 7) is 2.61. The maximum absolute atomic E-state index is 12.4. The Labute approximate surface area is 147 Å². The molecule has 1 saturated heterocycles. The number of carbonyl (C=O) groups is 2. The first kappa shape index (κ1) is 17.9. The summed E-state index contributed by atoms with van der Waals surface area (Å²) < 4.78 is 31.5. The van der Waals surface area contributed by atoms with Crippen molar-refractivity contribution in [1.29, 1.82) is 0 Å². The van der Waals surface area contributed by atoms with Crippen LogP contribution in [0.25, 0.3) is 0 Å². The molecule has 1 aliphatic heterocycles. The highest BCUT2D eigenvalue weighted by atomic mass is 32.2. The summed E-state index contributed by atoms with van der Waals surface area (Å²) in [5, 5.41) is 2.63. The zero-order valence-electron chi connectivity index (χ0n) is 14.1. The van der Waals surface area contributed by atoms with Crippen LogP contribution in [0.5, 0.6) is 0 Å². The molecule has 2 aliphatic rings. The van der Waals surface area contributed by atoms with Crippen LogP contribution in [0.2, 0.25) is 0 Å². The number of anilines is 1. The Balaban J connectivity index is 1.60. The Hall–Kier alpha value is -1.93. The number of carbonyl (C=O) groups excluding carboxylic acids is 2. The maximum Gasteiger partial charge on any atom is 0.309 e. The SMILES string of the molecule is C[C@@H](OC(=O)C1CC1)C(=O)Nc1ccc(S(=O)(=O)N2CCCC2)cc1. The number of esters is 1. The number of nitrogens with zero attached hydrogens (tertiary/aromatic N) is 1. The molecule has 25 heavy (non-hydrogen) atoms. The molecule has 0 radical (unpaired) electrons. The Morgan fingerprint density at radius 1 is 1.16 bits per heavy atom. The van der Waals surface area contributed by atoms with Crippen molar-refractivity contribution in [2.45, 2.75) is 43.6 Å². The van der Waals surface area contributed by atoms with Crippen molar-refractivity contribution >= 4 is 27.6 Å². The molecule has 3 rings (SSSR count). The third kappa shape index (κ3) is 4.19. The lowest BCUT2D eigenvalue weighted by molar-refractivity contribution is -0.154. The van der Waals surface area contributed by atoms with Gasteiger partial charge in [-0.1, -0.05) is 0 Å². The lowest BCUT2D eigenvalue weighted by Crippen LogP contribution is -2.30. The van der Waals surface area contributed by atoms with E-state index in [0.717, 1.165) is 25.7 Å². The Bertz CT molecular complexity index is 750. The Morgan fingerprint density at radius 2 is 1.76 bits per heavy atom. The van der Waals surface area contributed by atoms with Crippen molar-refractivity contribution in [3.05, 3.63) is 24.3 Å². The molecule has 1 saturated carbocycles.